The van der Waals surface area contributed by atoms with E-state index in [4.69, 9.17) is 9.47 Å². The normalized spacial score (nSPS) is 18.1. The summed E-state index contributed by atoms with van der Waals surface area (Å²) in [6.45, 7) is 8.20. The molecular weight excluding hydrogens is 541 g/mol. The van der Waals surface area contributed by atoms with E-state index in [9.17, 15) is 4.79 Å². The first-order valence-corrected chi connectivity index (χ1v) is 15.0. The van der Waals surface area contributed by atoms with Crippen molar-refractivity contribution in [2.75, 3.05) is 49.5 Å². The minimum atomic E-state index is -0.568. The molecule has 1 aliphatic heterocycles. The third-order valence-corrected chi connectivity index (χ3v) is 7.30. The maximum atomic E-state index is 12.5. The van der Waals surface area contributed by atoms with Crippen molar-refractivity contribution in [1.29, 1.82) is 0 Å². The maximum absolute atomic E-state index is 12.5. The second kappa shape index (κ2) is 10.3. The Morgan fingerprint density at radius 2 is 2.06 bits per heavy atom. The highest BCUT2D eigenvalue weighted by Crippen LogP contribution is 2.34. The fourth-order valence-corrected chi connectivity index (χ4v) is 4.99. The summed E-state index contributed by atoms with van der Waals surface area (Å²) in [4.78, 5) is 23.3. The molecule has 1 atom stereocenters. The average Bonchev–Trinajstić information content (AvgIpc) is 3.00. The zero-order valence-electron chi connectivity index (χ0n) is 20.0. The molecule has 180 valence electrons. The quantitative estimate of drug-likeness (QED) is 0.385. The van der Waals surface area contributed by atoms with Gasteiger partial charge in [-0.1, -0.05) is 0 Å². The number of carbonyl (C=O) groups is 1. The van der Waals surface area contributed by atoms with Gasteiger partial charge in [-0.25, -0.2) is 24.8 Å². The van der Waals surface area contributed by atoms with Crippen LogP contribution in [0.3, 0.4) is 0 Å². The van der Waals surface area contributed by atoms with Gasteiger partial charge < -0.3 is 24.3 Å². The topological polar surface area (TPSA) is 81.5 Å². The molecule has 0 aromatic carbocycles. The molecular formula is C22H36IN5O3S. The molecule has 1 aliphatic rings. The molecule has 2 aromatic heterocycles. The molecule has 0 saturated carbocycles. The van der Waals surface area contributed by atoms with Crippen molar-refractivity contribution >= 4 is 55.6 Å². The van der Waals surface area contributed by atoms with Gasteiger partial charge in [-0.05, 0) is 75.0 Å². The average molecular weight is 578 g/mol. The Balaban J connectivity index is 1.68. The standard InChI is InChI=1S/C22H36IN5O3S/c1-22(2,3)31-21(29)27-9-7-8-16(12-27)26-19-18-17(23)13-28(20(18)25-14-24-19)15-30-10-11-32(4,5)6/h13-14,16H,7-12,15H2,1-6H3,(H,24,25,26)/t16-/m1/s1. The third kappa shape index (κ3) is 7.11. The van der Waals surface area contributed by atoms with Crippen LogP contribution in [0.5, 0.6) is 0 Å². The lowest BCUT2D eigenvalue weighted by atomic mass is 10.1. The van der Waals surface area contributed by atoms with Gasteiger partial charge in [-0.15, -0.1) is 0 Å². The molecule has 0 bridgehead atoms. The Bertz CT molecular complexity index is 938. The van der Waals surface area contributed by atoms with Gasteiger partial charge in [-0.2, -0.15) is 0 Å². The first kappa shape index (κ1) is 25.4. The number of fused-ring (bicyclic) bond motifs is 1. The second-order valence-electron chi connectivity index (χ2n) is 10.1. The van der Waals surface area contributed by atoms with E-state index in [1.54, 1.807) is 11.2 Å². The summed E-state index contributed by atoms with van der Waals surface area (Å²) < 4.78 is 14.6. The Hall–Kier alpha value is -1.27. The molecule has 3 heterocycles. The van der Waals surface area contributed by atoms with E-state index in [1.165, 1.54) is 0 Å². The van der Waals surface area contributed by atoms with Gasteiger partial charge >= 0.3 is 6.09 Å². The number of piperidine rings is 1. The van der Waals surface area contributed by atoms with Gasteiger partial charge in [0.05, 0.1) is 12.0 Å². The molecule has 0 aliphatic carbocycles. The van der Waals surface area contributed by atoms with Crippen LogP contribution in [0.25, 0.3) is 11.0 Å². The SMILES string of the molecule is CC(C)(C)OC(=O)N1CCC[C@@H](Nc2ncnc3c2c(I)cn3COCCS(C)(C)C)C1. The highest BCUT2D eigenvalue weighted by atomic mass is 127. The van der Waals surface area contributed by atoms with Crippen LogP contribution in [0, 0.1) is 3.57 Å². The van der Waals surface area contributed by atoms with Gasteiger partial charge in [-0.3, -0.25) is 0 Å². The molecule has 0 unspecified atom stereocenters. The number of likely N-dealkylation sites (tertiary alicyclic amines) is 1. The number of hydrogen-bond acceptors (Lipinski definition) is 6. The van der Waals surface area contributed by atoms with Gasteiger partial charge in [0.15, 0.2) is 0 Å². The first-order chi connectivity index (χ1) is 14.9. The Morgan fingerprint density at radius 1 is 1.31 bits per heavy atom. The van der Waals surface area contributed by atoms with E-state index in [2.05, 4.69) is 62.8 Å². The molecule has 1 saturated heterocycles. The highest BCUT2D eigenvalue weighted by Gasteiger charge is 2.28. The number of ether oxygens (including phenoxy) is 2. The maximum Gasteiger partial charge on any atom is 0.410 e. The van der Waals surface area contributed by atoms with Gasteiger partial charge in [0.25, 0.3) is 0 Å². The number of nitrogens with zero attached hydrogens (tertiary/aromatic N) is 4. The number of amides is 1. The molecule has 32 heavy (non-hydrogen) atoms. The third-order valence-electron chi connectivity index (χ3n) is 5.09. The number of hydrogen-bond donors (Lipinski definition) is 1. The Morgan fingerprint density at radius 3 is 2.75 bits per heavy atom. The zero-order chi connectivity index (χ0) is 23.5. The lowest BCUT2D eigenvalue weighted by molar-refractivity contribution is 0.0206. The number of halogens is 1. The Kier molecular flexibility index (Phi) is 8.19. The van der Waals surface area contributed by atoms with Crippen molar-refractivity contribution in [1.82, 2.24) is 19.4 Å². The molecule has 1 amide bonds. The summed E-state index contributed by atoms with van der Waals surface area (Å²) in [6.07, 6.45) is 12.2. The molecule has 2 aromatic rings. The monoisotopic (exact) mass is 577 g/mol. The van der Waals surface area contributed by atoms with Gasteiger partial charge in [0.1, 0.15) is 30.1 Å². The van der Waals surface area contributed by atoms with Crippen LogP contribution in [0.2, 0.25) is 0 Å². The van der Waals surface area contributed by atoms with Crippen LogP contribution in [-0.2, 0) is 16.2 Å². The lowest BCUT2D eigenvalue weighted by Crippen LogP contribution is -2.47. The van der Waals surface area contributed by atoms with Crippen molar-refractivity contribution in [2.45, 2.75) is 52.0 Å². The highest BCUT2D eigenvalue weighted by molar-refractivity contribution is 14.1. The molecule has 0 spiro atoms. The van der Waals surface area contributed by atoms with Crippen molar-refractivity contribution < 1.29 is 14.3 Å². The van der Waals surface area contributed by atoms with Gasteiger partial charge in [0.2, 0.25) is 0 Å². The van der Waals surface area contributed by atoms with Crippen LogP contribution in [0.15, 0.2) is 12.5 Å². The van der Waals surface area contributed by atoms with Crippen molar-refractivity contribution in [3.05, 3.63) is 16.1 Å². The predicted octanol–water partition coefficient (Wildman–Crippen LogP) is 4.52. The zero-order valence-corrected chi connectivity index (χ0v) is 23.0. The minimum Gasteiger partial charge on any atom is -0.444 e. The van der Waals surface area contributed by atoms with E-state index in [0.717, 1.165) is 45.6 Å². The number of nitrogens with one attached hydrogen (secondary N) is 1. The number of carbonyl (C=O) groups excluding carboxylic acids is 1. The van der Waals surface area contributed by atoms with Crippen molar-refractivity contribution in [2.24, 2.45) is 0 Å². The molecule has 1 N–H and O–H groups in total. The lowest BCUT2D eigenvalue weighted by Gasteiger charge is -2.34. The molecule has 1 fully saturated rings. The van der Waals surface area contributed by atoms with Crippen molar-refractivity contribution in [3.63, 3.8) is 0 Å². The summed E-state index contributed by atoms with van der Waals surface area (Å²) in [5, 5.41) is 4.55. The number of anilines is 1. The number of rotatable bonds is 7. The summed E-state index contributed by atoms with van der Waals surface area (Å²) in [5.74, 6) is 1.88. The largest absolute Gasteiger partial charge is 0.444 e. The van der Waals surface area contributed by atoms with E-state index in [0.29, 0.717) is 19.8 Å². The van der Waals surface area contributed by atoms with Crippen LogP contribution in [0.1, 0.15) is 33.6 Å². The summed E-state index contributed by atoms with van der Waals surface area (Å²) in [5.41, 5.74) is 0.362. The van der Waals surface area contributed by atoms with Gasteiger partial charge in [0, 0.05) is 34.7 Å². The van der Waals surface area contributed by atoms with Crippen molar-refractivity contribution in [3.8, 4) is 0 Å². The van der Waals surface area contributed by atoms with Crippen LogP contribution < -0.4 is 5.32 Å². The fourth-order valence-electron chi connectivity index (χ4n) is 3.54. The fraction of sp³-hybridized carbons (Fsp3) is 0.682. The summed E-state index contributed by atoms with van der Waals surface area (Å²) in [6, 6.07) is 0.111. The molecule has 8 nitrogen and oxygen atoms in total. The Labute approximate surface area is 206 Å². The molecule has 10 heteroatoms. The van der Waals surface area contributed by atoms with Crippen LogP contribution >= 0.6 is 32.6 Å². The predicted molar refractivity (Wildman–Crippen MR) is 141 cm³/mol. The molecule has 0 radical (unpaired) electrons. The van der Waals surface area contributed by atoms with E-state index in [1.807, 2.05) is 25.3 Å². The summed E-state index contributed by atoms with van der Waals surface area (Å²) in [7, 11) is -0.568. The van der Waals surface area contributed by atoms with E-state index in [-0.39, 0.29) is 12.1 Å². The summed E-state index contributed by atoms with van der Waals surface area (Å²) >= 11 is 2.33. The molecule has 3 rings (SSSR count). The van der Waals surface area contributed by atoms with E-state index < -0.39 is 15.6 Å². The van der Waals surface area contributed by atoms with E-state index >= 15 is 0 Å². The first-order valence-electron chi connectivity index (χ1n) is 10.9. The second-order valence-corrected chi connectivity index (χ2v) is 15.9. The number of aromatic nitrogens is 3. The minimum absolute atomic E-state index is 0.111. The van der Waals surface area contributed by atoms with Crippen LogP contribution in [0.4, 0.5) is 10.6 Å². The smallest absolute Gasteiger partial charge is 0.410 e. The van der Waals surface area contributed by atoms with Crippen LogP contribution in [-0.4, -0.2) is 81.4 Å².